The quantitative estimate of drug-likeness (QED) is 0.791. The van der Waals surface area contributed by atoms with Crippen LogP contribution in [0.2, 0.25) is 0 Å². The van der Waals surface area contributed by atoms with E-state index in [4.69, 9.17) is 10.2 Å². The molecule has 21 heavy (non-hydrogen) atoms. The molecule has 0 bridgehead atoms. The number of nitrogen functional groups attached to an aromatic ring is 1. The minimum Gasteiger partial charge on any atom is -0.430 e. The van der Waals surface area contributed by atoms with Gasteiger partial charge in [-0.15, -0.1) is 0 Å². The average molecular weight is 309 g/mol. The van der Waals surface area contributed by atoms with E-state index in [9.17, 15) is 9.00 Å². The predicted molar refractivity (Wildman–Crippen MR) is 82.2 cm³/mol. The van der Waals surface area contributed by atoms with Gasteiger partial charge in [-0.05, 0) is 30.5 Å². The number of rotatable bonds is 6. The van der Waals surface area contributed by atoms with Crippen molar-refractivity contribution >= 4 is 33.5 Å². The van der Waals surface area contributed by atoms with Gasteiger partial charge in [-0.2, -0.15) is 0 Å². The number of nitrogens with one attached hydrogen (secondary N) is 1. The Bertz CT molecular complexity index is 667. The number of carbonyl (C=O) groups is 1. The van der Waals surface area contributed by atoms with E-state index in [1.54, 1.807) is 18.2 Å². The Morgan fingerprint density at radius 1 is 1.48 bits per heavy atom. The summed E-state index contributed by atoms with van der Waals surface area (Å²) < 4.78 is 17.5. The van der Waals surface area contributed by atoms with E-state index in [0.717, 1.165) is 6.42 Å². The second kappa shape index (κ2) is 6.71. The van der Waals surface area contributed by atoms with Crippen LogP contribution in [0.25, 0.3) is 11.1 Å². The Balaban J connectivity index is 1.97. The van der Waals surface area contributed by atoms with Gasteiger partial charge >= 0.3 is 0 Å². The minimum atomic E-state index is -1.60. The molecule has 114 valence electrons. The van der Waals surface area contributed by atoms with Crippen molar-refractivity contribution in [3.05, 3.63) is 18.2 Å². The molecule has 1 amide bonds. The summed E-state index contributed by atoms with van der Waals surface area (Å²) in [4.78, 5) is 15.8. The molecule has 2 aromatic rings. The molecule has 0 saturated heterocycles. The maximum absolute atomic E-state index is 12.1. The van der Waals surface area contributed by atoms with Crippen LogP contribution in [-0.2, 0) is 15.6 Å². The van der Waals surface area contributed by atoms with E-state index in [1.807, 2.05) is 0 Å². The van der Waals surface area contributed by atoms with Gasteiger partial charge in [0.25, 0.3) is 5.22 Å². The second-order valence-electron chi connectivity index (χ2n) is 5.23. The van der Waals surface area contributed by atoms with Crippen LogP contribution in [0.15, 0.2) is 27.8 Å². The number of carbonyl (C=O) groups excluding carboxylic acids is 1. The van der Waals surface area contributed by atoms with Gasteiger partial charge in [-0.3, -0.25) is 4.79 Å². The van der Waals surface area contributed by atoms with Gasteiger partial charge in [0.1, 0.15) is 22.1 Å². The van der Waals surface area contributed by atoms with Crippen molar-refractivity contribution in [3.8, 4) is 0 Å². The van der Waals surface area contributed by atoms with Crippen LogP contribution < -0.4 is 11.1 Å². The Kier molecular flexibility index (Phi) is 4.95. The van der Waals surface area contributed by atoms with Gasteiger partial charge in [-0.25, -0.2) is 9.19 Å². The molecule has 1 aromatic heterocycles. The normalized spacial score (nSPS) is 12.7. The Morgan fingerprint density at radius 2 is 2.24 bits per heavy atom. The zero-order chi connectivity index (χ0) is 15.4. The third-order valence-electron chi connectivity index (χ3n) is 2.89. The molecule has 0 aliphatic carbocycles. The molecule has 7 heteroatoms. The summed E-state index contributed by atoms with van der Waals surface area (Å²) >= 11 is 0. The van der Waals surface area contributed by atoms with Crippen LogP contribution in [0.5, 0.6) is 0 Å². The van der Waals surface area contributed by atoms with Gasteiger partial charge in [0.2, 0.25) is 5.91 Å². The van der Waals surface area contributed by atoms with Crippen molar-refractivity contribution in [2.24, 2.45) is 5.92 Å². The molecule has 1 atom stereocenters. The van der Waals surface area contributed by atoms with Crippen molar-refractivity contribution in [2.45, 2.75) is 25.5 Å². The fourth-order valence-electron chi connectivity index (χ4n) is 1.75. The maximum atomic E-state index is 12.1. The highest BCUT2D eigenvalue weighted by atomic mass is 32.2. The first-order valence-corrected chi connectivity index (χ1v) is 8.08. The smallest absolute Gasteiger partial charge is 0.288 e. The molecular weight excluding hydrogens is 290 g/mol. The van der Waals surface area contributed by atoms with E-state index < -0.39 is 10.8 Å². The predicted octanol–water partition coefficient (Wildman–Crippen LogP) is 1.68. The lowest BCUT2D eigenvalue weighted by Crippen LogP contribution is -2.29. The lowest BCUT2D eigenvalue weighted by Gasteiger charge is -2.05. The average Bonchev–Trinajstić information content (AvgIpc) is 2.81. The molecule has 3 N–H and O–H groups in total. The van der Waals surface area contributed by atoms with Crippen LogP contribution >= 0.6 is 0 Å². The number of hydrogen-bond donors (Lipinski definition) is 2. The monoisotopic (exact) mass is 309 g/mol. The van der Waals surface area contributed by atoms with Crippen LogP contribution in [0.4, 0.5) is 5.69 Å². The molecule has 0 aliphatic rings. The van der Waals surface area contributed by atoms with Crippen molar-refractivity contribution < 1.29 is 13.4 Å². The van der Waals surface area contributed by atoms with E-state index >= 15 is 0 Å². The number of nitrogens with two attached hydrogens (primary N) is 1. The van der Waals surface area contributed by atoms with E-state index in [0.29, 0.717) is 29.2 Å². The van der Waals surface area contributed by atoms with Crippen LogP contribution in [0.1, 0.15) is 20.3 Å². The first-order chi connectivity index (χ1) is 9.95. The first-order valence-electron chi connectivity index (χ1n) is 6.77. The van der Waals surface area contributed by atoms with Crippen LogP contribution in [0, 0.1) is 5.92 Å². The fraction of sp³-hybridized carbons (Fsp3) is 0.429. The maximum Gasteiger partial charge on any atom is 0.288 e. The highest BCUT2D eigenvalue weighted by Crippen LogP contribution is 2.20. The van der Waals surface area contributed by atoms with Crippen molar-refractivity contribution in [1.82, 2.24) is 10.3 Å². The number of amides is 1. The van der Waals surface area contributed by atoms with Gasteiger partial charge in [0.15, 0.2) is 5.58 Å². The topological polar surface area (TPSA) is 98.2 Å². The van der Waals surface area contributed by atoms with E-state index in [-0.39, 0.29) is 16.9 Å². The summed E-state index contributed by atoms with van der Waals surface area (Å²) in [5.41, 5.74) is 7.25. The molecule has 1 aromatic carbocycles. The van der Waals surface area contributed by atoms with Crippen molar-refractivity contribution in [1.29, 1.82) is 0 Å². The third kappa shape index (κ3) is 4.29. The van der Waals surface area contributed by atoms with Crippen molar-refractivity contribution in [3.63, 3.8) is 0 Å². The zero-order valence-corrected chi connectivity index (χ0v) is 12.9. The standard InChI is InChI=1S/C14H19N3O3S/c1-9(2)5-6-16-13(18)8-21(19)14-17-11-7-10(15)3-4-12(11)20-14/h3-4,7,9H,5-6,8,15H2,1-2H3,(H,16,18). The molecule has 2 rings (SSSR count). The minimum absolute atomic E-state index is 0.0506. The number of anilines is 1. The van der Waals surface area contributed by atoms with Crippen LogP contribution in [0.3, 0.4) is 0 Å². The summed E-state index contributed by atoms with van der Waals surface area (Å²) in [6.07, 6.45) is 0.889. The summed E-state index contributed by atoms with van der Waals surface area (Å²) in [5.74, 6) is 0.0921. The Labute approximate surface area is 125 Å². The highest BCUT2D eigenvalue weighted by molar-refractivity contribution is 7.85. The molecule has 0 fully saturated rings. The molecule has 1 heterocycles. The lowest BCUT2D eigenvalue weighted by molar-refractivity contribution is -0.118. The molecule has 6 nitrogen and oxygen atoms in total. The second-order valence-corrected chi connectivity index (χ2v) is 6.56. The SMILES string of the molecule is CC(C)CCNC(=O)CS(=O)c1nc2cc(N)ccc2o1. The van der Waals surface area contributed by atoms with Gasteiger partial charge in [-0.1, -0.05) is 13.8 Å². The molecule has 0 radical (unpaired) electrons. The first kappa shape index (κ1) is 15.5. The summed E-state index contributed by atoms with van der Waals surface area (Å²) in [6, 6.07) is 4.99. The van der Waals surface area contributed by atoms with E-state index in [1.165, 1.54) is 0 Å². The van der Waals surface area contributed by atoms with Crippen LogP contribution in [-0.4, -0.2) is 27.4 Å². The summed E-state index contributed by atoms with van der Waals surface area (Å²) in [6.45, 7) is 4.74. The largest absolute Gasteiger partial charge is 0.430 e. The number of fused-ring (bicyclic) bond motifs is 1. The Morgan fingerprint density at radius 3 is 2.95 bits per heavy atom. The number of benzene rings is 1. The molecular formula is C14H19N3O3S. The van der Waals surface area contributed by atoms with Gasteiger partial charge in [0, 0.05) is 12.2 Å². The van der Waals surface area contributed by atoms with E-state index in [2.05, 4.69) is 24.1 Å². The van der Waals surface area contributed by atoms with Gasteiger partial charge < -0.3 is 15.5 Å². The number of aromatic nitrogens is 1. The molecule has 0 aliphatic heterocycles. The number of oxazole rings is 1. The van der Waals surface area contributed by atoms with Gasteiger partial charge in [0.05, 0.1) is 0 Å². The molecule has 0 spiro atoms. The number of nitrogens with zero attached hydrogens (tertiary/aromatic N) is 1. The zero-order valence-electron chi connectivity index (χ0n) is 12.1. The summed E-state index contributed by atoms with van der Waals surface area (Å²) in [7, 11) is -1.60. The van der Waals surface area contributed by atoms with Crippen molar-refractivity contribution in [2.75, 3.05) is 18.0 Å². The third-order valence-corrected chi connectivity index (χ3v) is 3.98. The summed E-state index contributed by atoms with van der Waals surface area (Å²) in [5, 5.41) is 2.79. The highest BCUT2D eigenvalue weighted by Gasteiger charge is 2.16. The number of hydrogen-bond acceptors (Lipinski definition) is 5. The lowest BCUT2D eigenvalue weighted by atomic mass is 10.1. The molecule has 0 saturated carbocycles. The fourth-order valence-corrected chi connectivity index (χ4v) is 2.60. The Hall–Kier alpha value is -1.89. The molecule has 1 unspecified atom stereocenters.